The Hall–Kier alpha value is -2.64. The molecule has 7 heteroatoms. The van der Waals surface area contributed by atoms with Gasteiger partial charge < -0.3 is 19.1 Å². The first kappa shape index (κ1) is 17.8. The monoisotopic (exact) mass is 383 g/mol. The van der Waals surface area contributed by atoms with Crippen LogP contribution in [-0.2, 0) is 4.74 Å². The van der Waals surface area contributed by atoms with Gasteiger partial charge >= 0.3 is 0 Å². The molecule has 6 nitrogen and oxygen atoms in total. The van der Waals surface area contributed by atoms with E-state index in [2.05, 4.69) is 16.0 Å². The van der Waals surface area contributed by atoms with E-state index in [-0.39, 0.29) is 0 Å². The van der Waals surface area contributed by atoms with Gasteiger partial charge in [0.1, 0.15) is 22.3 Å². The topological polar surface area (TPSA) is 56.7 Å². The van der Waals surface area contributed by atoms with E-state index in [0.29, 0.717) is 0 Å². The summed E-state index contributed by atoms with van der Waals surface area (Å²) >= 11 is 1.61. The molecular weight excluding hydrogens is 362 g/mol. The van der Waals surface area contributed by atoms with Crippen LogP contribution in [0.4, 0.5) is 5.82 Å². The normalized spacial score (nSPS) is 14.2. The molecule has 140 valence electrons. The molecule has 1 saturated heterocycles. The van der Waals surface area contributed by atoms with Crippen molar-refractivity contribution >= 4 is 17.2 Å². The van der Waals surface area contributed by atoms with Crippen LogP contribution in [0, 0.1) is 0 Å². The highest BCUT2D eigenvalue weighted by atomic mass is 32.1. The van der Waals surface area contributed by atoms with Crippen LogP contribution in [0.1, 0.15) is 0 Å². The quantitative estimate of drug-likeness (QED) is 0.669. The second-order valence-electron chi connectivity index (χ2n) is 6.11. The van der Waals surface area contributed by atoms with Gasteiger partial charge in [0.05, 0.1) is 33.1 Å². The van der Waals surface area contributed by atoms with E-state index in [1.54, 1.807) is 25.6 Å². The lowest BCUT2D eigenvalue weighted by Crippen LogP contribution is -2.36. The van der Waals surface area contributed by atoms with E-state index >= 15 is 0 Å². The van der Waals surface area contributed by atoms with Crippen molar-refractivity contribution in [3.05, 3.63) is 41.9 Å². The highest BCUT2D eigenvalue weighted by Crippen LogP contribution is 2.36. The number of benzene rings is 1. The lowest BCUT2D eigenvalue weighted by molar-refractivity contribution is 0.122. The Kier molecular flexibility index (Phi) is 5.22. The minimum atomic E-state index is 0.739. The van der Waals surface area contributed by atoms with Crippen LogP contribution in [0.15, 0.2) is 41.9 Å². The Bertz CT molecular complexity index is 922. The predicted octanol–water partition coefficient (Wildman–Crippen LogP) is 3.73. The number of aromatic nitrogens is 2. The van der Waals surface area contributed by atoms with E-state index in [1.165, 1.54) is 0 Å². The Balaban J connectivity index is 1.65. The number of anilines is 1. The van der Waals surface area contributed by atoms with Crippen LogP contribution >= 0.6 is 11.3 Å². The van der Waals surface area contributed by atoms with E-state index < -0.39 is 0 Å². The Morgan fingerprint density at radius 1 is 1.07 bits per heavy atom. The molecular formula is C20H21N3O3S. The molecule has 0 spiro atoms. The van der Waals surface area contributed by atoms with Crippen molar-refractivity contribution in [3.63, 3.8) is 0 Å². The number of methoxy groups -OCH3 is 2. The number of morpholine rings is 1. The smallest absolute Gasteiger partial charge is 0.129 e. The highest BCUT2D eigenvalue weighted by Gasteiger charge is 2.15. The minimum Gasteiger partial charge on any atom is -0.497 e. The maximum absolute atomic E-state index is 5.49. The maximum atomic E-state index is 5.49. The second-order valence-corrected chi connectivity index (χ2v) is 6.96. The zero-order valence-electron chi connectivity index (χ0n) is 15.3. The maximum Gasteiger partial charge on any atom is 0.129 e. The summed E-state index contributed by atoms with van der Waals surface area (Å²) in [6, 6.07) is 9.82. The molecule has 0 atom stereocenters. The van der Waals surface area contributed by atoms with Gasteiger partial charge in [-0.1, -0.05) is 0 Å². The zero-order chi connectivity index (χ0) is 18.6. The number of hydrogen-bond acceptors (Lipinski definition) is 7. The van der Waals surface area contributed by atoms with Crippen LogP contribution in [0.5, 0.6) is 11.5 Å². The molecule has 0 N–H and O–H groups in total. The first-order chi connectivity index (χ1) is 13.3. The van der Waals surface area contributed by atoms with Gasteiger partial charge in [0.2, 0.25) is 0 Å². The van der Waals surface area contributed by atoms with Crippen molar-refractivity contribution in [2.75, 3.05) is 45.4 Å². The van der Waals surface area contributed by atoms with E-state index in [4.69, 9.17) is 19.2 Å². The number of hydrogen-bond donors (Lipinski definition) is 0. The van der Waals surface area contributed by atoms with Gasteiger partial charge in [0, 0.05) is 35.8 Å². The molecule has 3 heterocycles. The van der Waals surface area contributed by atoms with Gasteiger partial charge in [0.15, 0.2) is 0 Å². The SMILES string of the molecule is COc1ccc(OC)c(-c2csc(-c3ccnc(N4CCOCC4)c3)n2)c1. The molecule has 0 aliphatic carbocycles. The van der Waals surface area contributed by atoms with Gasteiger partial charge in [-0.15, -0.1) is 11.3 Å². The Labute approximate surface area is 162 Å². The third-order valence-electron chi connectivity index (χ3n) is 4.51. The van der Waals surface area contributed by atoms with Crippen molar-refractivity contribution < 1.29 is 14.2 Å². The summed E-state index contributed by atoms with van der Waals surface area (Å²) in [5.41, 5.74) is 2.85. The van der Waals surface area contributed by atoms with Crippen molar-refractivity contribution in [1.82, 2.24) is 9.97 Å². The summed E-state index contributed by atoms with van der Waals surface area (Å²) in [6.45, 7) is 3.20. The van der Waals surface area contributed by atoms with Crippen molar-refractivity contribution in [3.8, 4) is 33.3 Å². The number of nitrogens with zero attached hydrogens (tertiary/aromatic N) is 3. The molecule has 0 saturated carbocycles. The van der Waals surface area contributed by atoms with Crippen molar-refractivity contribution in [2.45, 2.75) is 0 Å². The molecule has 3 aromatic rings. The third kappa shape index (κ3) is 3.74. The molecule has 1 aliphatic heterocycles. The average Bonchev–Trinajstić information content (AvgIpc) is 3.24. The zero-order valence-corrected chi connectivity index (χ0v) is 16.2. The molecule has 0 bridgehead atoms. The molecule has 1 aromatic carbocycles. The fourth-order valence-electron chi connectivity index (χ4n) is 3.06. The van der Waals surface area contributed by atoms with Gasteiger partial charge in [-0.2, -0.15) is 0 Å². The number of pyridine rings is 1. The average molecular weight is 383 g/mol. The first-order valence-corrected chi connectivity index (χ1v) is 9.63. The minimum absolute atomic E-state index is 0.739. The number of rotatable bonds is 5. The molecule has 0 radical (unpaired) electrons. The summed E-state index contributed by atoms with van der Waals surface area (Å²) in [5, 5.41) is 2.99. The molecule has 0 amide bonds. The summed E-state index contributed by atoms with van der Waals surface area (Å²) in [7, 11) is 3.32. The summed E-state index contributed by atoms with van der Waals surface area (Å²) in [6.07, 6.45) is 1.84. The van der Waals surface area contributed by atoms with Crippen LogP contribution in [0.25, 0.3) is 21.8 Å². The van der Waals surface area contributed by atoms with E-state index in [0.717, 1.165) is 65.4 Å². The third-order valence-corrected chi connectivity index (χ3v) is 5.41. The van der Waals surface area contributed by atoms with Gasteiger partial charge in [0.25, 0.3) is 0 Å². The van der Waals surface area contributed by atoms with E-state index in [9.17, 15) is 0 Å². The summed E-state index contributed by atoms with van der Waals surface area (Å²) in [5.74, 6) is 2.52. The van der Waals surface area contributed by atoms with Gasteiger partial charge in [-0.05, 0) is 30.3 Å². The second kappa shape index (κ2) is 7.94. The highest BCUT2D eigenvalue weighted by molar-refractivity contribution is 7.13. The van der Waals surface area contributed by atoms with Gasteiger partial charge in [-0.3, -0.25) is 0 Å². The molecule has 1 aliphatic rings. The van der Waals surface area contributed by atoms with Crippen molar-refractivity contribution in [1.29, 1.82) is 0 Å². The van der Waals surface area contributed by atoms with E-state index in [1.807, 2.05) is 35.8 Å². The molecule has 27 heavy (non-hydrogen) atoms. The predicted molar refractivity (Wildman–Crippen MR) is 107 cm³/mol. The molecule has 2 aromatic heterocycles. The van der Waals surface area contributed by atoms with Crippen LogP contribution in [-0.4, -0.2) is 50.5 Å². The lowest BCUT2D eigenvalue weighted by Gasteiger charge is -2.27. The van der Waals surface area contributed by atoms with Crippen LogP contribution < -0.4 is 14.4 Å². The summed E-state index contributed by atoms with van der Waals surface area (Å²) < 4.78 is 16.3. The Morgan fingerprint density at radius 3 is 2.70 bits per heavy atom. The van der Waals surface area contributed by atoms with Crippen molar-refractivity contribution in [2.24, 2.45) is 0 Å². The lowest BCUT2D eigenvalue weighted by atomic mass is 10.1. The largest absolute Gasteiger partial charge is 0.497 e. The number of ether oxygens (including phenoxy) is 3. The summed E-state index contributed by atoms with van der Waals surface area (Å²) in [4.78, 5) is 11.6. The fourth-order valence-corrected chi connectivity index (χ4v) is 3.88. The molecule has 1 fully saturated rings. The van der Waals surface area contributed by atoms with Crippen LogP contribution in [0.2, 0.25) is 0 Å². The number of thiazole rings is 1. The fraction of sp³-hybridized carbons (Fsp3) is 0.300. The Morgan fingerprint density at radius 2 is 1.93 bits per heavy atom. The van der Waals surface area contributed by atoms with Crippen LogP contribution in [0.3, 0.4) is 0 Å². The standard InChI is InChI=1S/C20H21N3O3S/c1-24-15-3-4-18(25-2)16(12-15)17-13-27-20(22-17)14-5-6-21-19(11-14)23-7-9-26-10-8-23/h3-6,11-13H,7-10H2,1-2H3. The molecule has 0 unspecified atom stereocenters. The van der Waals surface area contributed by atoms with Gasteiger partial charge in [-0.25, -0.2) is 9.97 Å². The molecule has 4 rings (SSSR count). The first-order valence-electron chi connectivity index (χ1n) is 8.75.